The molecule has 0 heterocycles. The van der Waals surface area contributed by atoms with Gasteiger partial charge in [-0.15, -0.1) is 0 Å². The van der Waals surface area contributed by atoms with Crippen LogP contribution < -0.4 is 9.46 Å². The van der Waals surface area contributed by atoms with Crippen LogP contribution in [0.4, 0.5) is 18.9 Å². The number of benzene rings is 2. The number of sulfonamides is 1. The lowest BCUT2D eigenvalue weighted by atomic mass is 10.0. The Hall–Kier alpha value is -2.29. The molecule has 0 saturated carbocycles. The van der Waals surface area contributed by atoms with Crippen molar-refractivity contribution in [3.63, 3.8) is 0 Å². The molecule has 0 aliphatic rings. The molecule has 0 spiro atoms. The molecule has 9 heteroatoms. The van der Waals surface area contributed by atoms with Gasteiger partial charge in [0.15, 0.2) is 6.29 Å². The molecular formula is C13H10F3NO4S. The first-order valence-electron chi connectivity index (χ1n) is 5.85. The minimum absolute atomic E-state index is 0.0684. The number of carbonyl (C=O) groups excluding carboxylic acids is 1. The summed E-state index contributed by atoms with van der Waals surface area (Å²) < 4.78 is 66.6. The summed E-state index contributed by atoms with van der Waals surface area (Å²) in [4.78, 5) is 11.1. The van der Waals surface area contributed by atoms with Crippen molar-refractivity contribution in [2.24, 2.45) is 0 Å². The van der Waals surface area contributed by atoms with Crippen molar-refractivity contribution in [2.75, 3.05) is 11.8 Å². The Bertz CT molecular complexity index is 831. The maximum Gasteiger partial charge on any atom is 0.516 e. The number of methoxy groups -OCH3 is 1. The van der Waals surface area contributed by atoms with Crippen molar-refractivity contribution in [3.8, 4) is 5.75 Å². The average molecular weight is 333 g/mol. The van der Waals surface area contributed by atoms with Gasteiger partial charge in [-0.05, 0) is 6.07 Å². The zero-order chi connectivity index (χ0) is 16.5. The first-order valence-corrected chi connectivity index (χ1v) is 7.33. The third kappa shape index (κ3) is 2.71. The highest BCUT2D eigenvalue weighted by Crippen LogP contribution is 2.36. The minimum Gasteiger partial charge on any atom is -0.495 e. The molecule has 0 aliphatic carbocycles. The number of ether oxygens (including phenoxy) is 1. The zero-order valence-corrected chi connectivity index (χ0v) is 12.0. The molecule has 0 aromatic heterocycles. The van der Waals surface area contributed by atoms with E-state index in [0.717, 1.165) is 6.07 Å². The Balaban J connectivity index is 2.73. The Morgan fingerprint density at radius 2 is 1.77 bits per heavy atom. The average Bonchev–Trinajstić information content (AvgIpc) is 2.45. The zero-order valence-electron chi connectivity index (χ0n) is 11.1. The Morgan fingerprint density at radius 3 is 2.27 bits per heavy atom. The third-order valence-electron chi connectivity index (χ3n) is 2.90. The predicted molar refractivity (Wildman–Crippen MR) is 74.5 cm³/mol. The monoisotopic (exact) mass is 333 g/mol. The normalized spacial score (nSPS) is 12.2. The molecule has 1 N–H and O–H groups in total. The van der Waals surface area contributed by atoms with Gasteiger partial charge in [0.05, 0.1) is 18.4 Å². The molecule has 0 saturated heterocycles. The molecule has 0 amide bonds. The van der Waals surface area contributed by atoms with Crippen LogP contribution in [-0.4, -0.2) is 27.3 Å². The molecule has 2 aromatic rings. The third-order valence-corrected chi connectivity index (χ3v) is 4.00. The second-order valence-electron chi connectivity index (χ2n) is 4.26. The van der Waals surface area contributed by atoms with Crippen LogP contribution in [0.25, 0.3) is 10.8 Å². The summed E-state index contributed by atoms with van der Waals surface area (Å²) in [6.07, 6.45) is 0.372. The predicted octanol–water partition coefficient (Wildman–Crippen LogP) is 2.92. The van der Waals surface area contributed by atoms with Gasteiger partial charge in [-0.2, -0.15) is 21.6 Å². The number of anilines is 1. The topological polar surface area (TPSA) is 72.5 Å². The molecule has 22 heavy (non-hydrogen) atoms. The second-order valence-corrected chi connectivity index (χ2v) is 5.94. The van der Waals surface area contributed by atoms with Gasteiger partial charge in [-0.25, -0.2) is 0 Å². The van der Waals surface area contributed by atoms with Crippen LogP contribution in [0.5, 0.6) is 5.75 Å². The fourth-order valence-electron chi connectivity index (χ4n) is 1.97. The fraction of sp³-hybridized carbons (Fsp3) is 0.154. The molecule has 2 aromatic carbocycles. The van der Waals surface area contributed by atoms with Crippen molar-refractivity contribution >= 4 is 32.8 Å². The van der Waals surface area contributed by atoms with Crippen LogP contribution in [0.15, 0.2) is 30.3 Å². The van der Waals surface area contributed by atoms with Gasteiger partial charge in [0, 0.05) is 10.8 Å². The summed E-state index contributed by atoms with van der Waals surface area (Å²) >= 11 is 0. The lowest BCUT2D eigenvalue weighted by Crippen LogP contribution is -2.30. The molecule has 0 fully saturated rings. The Labute approximate surface area is 123 Å². The summed E-state index contributed by atoms with van der Waals surface area (Å²) in [6, 6.07) is 7.03. The van der Waals surface area contributed by atoms with E-state index in [9.17, 15) is 26.4 Å². The number of hydrogen-bond donors (Lipinski definition) is 1. The number of halogens is 3. The quantitative estimate of drug-likeness (QED) is 0.873. The molecule has 2 rings (SSSR count). The van der Waals surface area contributed by atoms with E-state index in [0.29, 0.717) is 11.7 Å². The summed E-state index contributed by atoms with van der Waals surface area (Å²) in [5.74, 6) is 0.153. The van der Waals surface area contributed by atoms with E-state index in [-0.39, 0.29) is 22.4 Å². The van der Waals surface area contributed by atoms with Crippen molar-refractivity contribution in [2.45, 2.75) is 5.51 Å². The maximum atomic E-state index is 12.5. The number of carbonyl (C=O) groups is 1. The van der Waals surface area contributed by atoms with E-state index in [1.54, 1.807) is 6.07 Å². The van der Waals surface area contributed by atoms with Crippen molar-refractivity contribution in [3.05, 3.63) is 35.9 Å². The second kappa shape index (κ2) is 5.48. The van der Waals surface area contributed by atoms with Gasteiger partial charge >= 0.3 is 15.5 Å². The van der Waals surface area contributed by atoms with Crippen molar-refractivity contribution < 1.29 is 31.1 Å². The molecule has 118 valence electrons. The van der Waals surface area contributed by atoms with Gasteiger partial charge in [0.25, 0.3) is 0 Å². The van der Waals surface area contributed by atoms with Crippen LogP contribution >= 0.6 is 0 Å². The number of fused-ring (bicyclic) bond motifs is 1. The smallest absolute Gasteiger partial charge is 0.495 e. The van der Waals surface area contributed by atoms with Gasteiger partial charge in [0.2, 0.25) is 0 Å². The van der Waals surface area contributed by atoms with E-state index >= 15 is 0 Å². The molecule has 0 atom stereocenters. The number of rotatable bonds is 4. The SMILES string of the molecule is COc1c(C=O)cc(NS(=O)(=O)C(F)(F)F)c2ccccc12. The first-order chi connectivity index (χ1) is 10.2. The molecule has 0 radical (unpaired) electrons. The van der Waals surface area contributed by atoms with Crippen molar-refractivity contribution in [1.29, 1.82) is 0 Å². The number of nitrogens with one attached hydrogen (secondary N) is 1. The highest BCUT2D eigenvalue weighted by Gasteiger charge is 2.46. The molecule has 0 unspecified atom stereocenters. The highest BCUT2D eigenvalue weighted by molar-refractivity contribution is 7.93. The number of alkyl halides is 3. The number of hydrogen-bond acceptors (Lipinski definition) is 4. The summed E-state index contributed by atoms with van der Waals surface area (Å²) in [5.41, 5.74) is -5.88. The largest absolute Gasteiger partial charge is 0.516 e. The molecule has 0 aliphatic heterocycles. The van der Waals surface area contributed by atoms with Crippen molar-refractivity contribution in [1.82, 2.24) is 0 Å². The van der Waals surface area contributed by atoms with Gasteiger partial charge in [0.1, 0.15) is 5.75 Å². The minimum atomic E-state index is -5.59. The van der Waals surface area contributed by atoms with Gasteiger partial charge in [-0.3, -0.25) is 9.52 Å². The Kier molecular flexibility index (Phi) is 4.01. The van der Waals surface area contributed by atoms with E-state index in [2.05, 4.69) is 0 Å². The van der Waals surface area contributed by atoms with E-state index in [4.69, 9.17) is 4.74 Å². The lowest BCUT2D eigenvalue weighted by molar-refractivity contribution is -0.0429. The van der Waals surface area contributed by atoms with Crippen LogP contribution in [-0.2, 0) is 10.0 Å². The Morgan fingerprint density at radius 1 is 1.18 bits per heavy atom. The number of aldehydes is 1. The summed E-state index contributed by atoms with van der Waals surface area (Å²) in [5, 5.41) is 0.493. The van der Waals surface area contributed by atoms with E-state index in [1.807, 2.05) is 0 Å². The van der Waals surface area contributed by atoms with E-state index < -0.39 is 15.5 Å². The van der Waals surface area contributed by atoms with Crippen LogP contribution in [0, 0.1) is 0 Å². The standard InChI is InChI=1S/C13H10F3NO4S/c1-21-12-8(7-18)6-11(9-4-2-3-5-10(9)12)17-22(19,20)13(14,15)16/h2-7,17H,1H3. The maximum absolute atomic E-state index is 12.5. The van der Waals surface area contributed by atoms with E-state index in [1.165, 1.54) is 30.0 Å². The van der Waals surface area contributed by atoms with Gasteiger partial charge in [-0.1, -0.05) is 24.3 Å². The summed E-state index contributed by atoms with van der Waals surface area (Å²) in [6.45, 7) is 0. The van der Waals surface area contributed by atoms with Crippen LogP contribution in [0.2, 0.25) is 0 Å². The lowest BCUT2D eigenvalue weighted by Gasteiger charge is -2.15. The summed E-state index contributed by atoms with van der Waals surface area (Å²) in [7, 11) is -4.29. The van der Waals surface area contributed by atoms with Gasteiger partial charge < -0.3 is 4.74 Å². The van der Waals surface area contributed by atoms with Crippen LogP contribution in [0.1, 0.15) is 10.4 Å². The highest BCUT2D eigenvalue weighted by atomic mass is 32.2. The van der Waals surface area contributed by atoms with Crippen LogP contribution in [0.3, 0.4) is 0 Å². The fourth-order valence-corrected chi connectivity index (χ4v) is 2.55. The first kappa shape index (κ1) is 16.1. The molecule has 0 bridgehead atoms. The molecular weight excluding hydrogens is 323 g/mol. The molecule has 5 nitrogen and oxygen atoms in total.